The molecule has 5 nitrogen and oxygen atoms in total. The van der Waals surface area contributed by atoms with Crippen LogP contribution in [0, 0.1) is 6.92 Å². The SMILES string of the molecule is [CH2][C@@H](CCCC)NC(=O)NCc1ccc2c(c1)OCO2. The van der Waals surface area contributed by atoms with Crippen molar-refractivity contribution in [1.29, 1.82) is 0 Å². The maximum atomic E-state index is 11.7. The van der Waals surface area contributed by atoms with Crippen LogP contribution in [-0.4, -0.2) is 18.9 Å². The number of nitrogens with one attached hydrogen (secondary N) is 2. The molecule has 2 amide bonds. The number of carbonyl (C=O) groups excluding carboxylic acids is 1. The molecule has 5 heteroatoms. The van der Waals surface area contributed by atoms with Gasteiger partial charge in [0.05, 0.1) is 0 Å². The Labute approximate surface area is 119 Å². The van der Waals surface area contributed by atoms with Crippen LogP contribution in [0.1, 0.15) is 31.7 Å². The normalized spacial score (nSPS) is 13.9. The van der Waals surface area contributed by atoms with E-state index in [1.165, 1.54) is 0 Å². The summed E-state index contributed by atoms with van der Waals surface area (Å²) in [6.45, 7) is 6.73. The van der Waals surface area contributed by atoms with E-state index in [2.05, 4.69) is 24.5 Å². The third-order valence-electron chi connectivity index (χ3n) is 3.13. The third kappa shape index (κ3) is 4.05. The smallest absolute Gasteiger partial charge is 0.315 e. The highest BCUT2D eigenvalue weighted by molar-refractivity contribution is 5.74. The van der Waals surface area contributed by atoms with Gasteiger partial charge in [-0.15, -0.1) is 0 Å². The Kier molecular flexibility index (Phi) is 5.09. The molecule has 109 valence electrons. The number of ether oxygens (including phenoxy) is 2. The van der Waals surface area contributed by atoms with Crippen LogP contribution in [0.25, 0.3) is 0 Å². The number of hydrogen-bond acceptors (Lipinski definition) is 3. The minimum Gasteiger partial charge on any atom is -0.454 e. The van der Waals surface area contributed by atoms with Crippen molar-refractivity contribution in [3.8, 4) is 11.5 Å². The summed E-state index contributed by atoms with van der Waals surface area (Å²) in [4.78, 5) is 11.7. The van der Waals surface area contributed by atoms with Crippen molar-refractivity contribution in [2.45, 2.75) is 38.8 Å². The van der Waals surface area contributed by atoms with E-state index in [9.17, 15) is 4.79 Å². The molecule has 0 fully saturated rings. The molecule has 1 radical (unpaired) electrons. The number of benzene rings is 1. The molecule has 2 rings (SSSR count). The van der Waals surface area contributed by atoms with Crippen LogP contribution in [-0.2, 0) is 6.54 Å². The Balaban J connectivity index is 1.76. The molecule has 1 aliphatic rings. The van der Waals surface area contributed by atoms with Gasteiger partial charge in [-0.05, 0) is 31.0 Å². The topological polar surface area (TPSA) is 59.6 Å². The molecule has 20 heavy (non-hydrogen) atoms. The van der Waals surface area contributed by atoms with Gasteiger partial charge in [-0.3, -0.25) is 0 Å². The first-order chi connectivity index (χ1) is 9.69. The molecule has 0 aromatic heterocycles. The molecule has 0 aliphatic carbocycles. The maximum Gasteiger partial charge on any atom is 0.315 e. The predicted molar refractivity (Wildman–Crippen MR) is 76.6 cm³/mol. The molecule has 1 heterocycles. The van der Waals surface area contributed by atoms with Gasteiger partial charge in [-0.25, -0.2) is 4.79 Å². The predicted octanol–water partition coefficient (Wildman–Crippen LogP) is 2.61. The summed E-state index contributed by atoms with van der Waals surface area (Å²) in [5.74, 6) is 1.47. The van der Waals surface area contributed by atoms with Crippen LogP contribution in [0.3, 0.4) is 0 Å². The van der Waals surface area contributed by atoms with Gasteiger partial charge in [0.15, 0.2) is 11.5 Å². The second kappa shape index (κ2) is 7.03. The fraction of sp³-hybridized carbons (Fsp3) is 0.467. The molecule has 0 unspecified atom stereocenters. The summed E-state index contributed by atoms with van der Waals surface area (Å²) in [6, 6.07) is 5.39. The van der Waals surface area contributed by atoms with Gasteiger partial charge in [-0.1, -0.05) is 25.8 Å². The lowest BCUT2D eigenvalue weighted by Gasteiger charge is -2.14. The highest BCUT2D eigenvalue weighted by Crippen LogP contribution is 2.32. The molecule has 0 bridgehead atoms. The second-order valence-corrected chi connectivity index (χ2v) is 4.85. The van der Waals surface area contributed by atoms with Crippen molar-refractivity contribution in [2.24, 2.45) is 0 Å². The van der Waals surface area contributed by atoms with E-state index < -0.39 is 0 Å². The zero-order valence-electron chi connectivity index (χ0n) is 11.8. The van der Waals surface area contributed by atoms with E-state index >= 15 is 0 Å². The number of fused-ring (bicyclic) bond motifs is 1. The average Bonchev–Trinajstić information content (AvgIpc) is 2.90. The van der Waals surface area contributed by atoms with E-state index in [0.717, 1.165) is 36.3 Å². The van der Waals surface area contributed by atoms with Gasteiger partial charge in [0.1, 0.15) is 0 Å². The number of urea groups is 1. The van der Waals surface area contributed by atoms with Crippen molar-refractivity contribution >= 4 is 6.03 Å². The van der Waals surface area contributed by atoms with Crippen LogP contribution < -0.4 is 20.1 Å². The minimum absolute atomic E-state index is 0.0493. The van der Waals surface area contributed by atoms with E-state index in [-0.39, 0.29) is 18.9 Å². The summed E-state index contributed by atoms with van der Waals surface area (Å²) in [7, 11) is 0. The molecule has 2 N–H and O–H groups in total. The zero-order chi connectivity index (χ0) is 14.4. The number of amides is 2. The molecule has 0 spiro atoms. The van der Waals surface area contributed by atoms with Crippen LogP contribution in [0.15, 0.2) is 18.2 Å². The van der Waals surface area contributed by atoms with E-state index in [0.29, 0.717) is 6.54 Å². The highest BCUT2D eigenvalue weighted by atomic mass is 16.7. The van der Waals surface area contributed by atoms with Gasteiger partial charge in [0.25, 0.3) is 0 Å². The molecule has 1 atom stereocenters. The Morgan fingerprint density at radius 3 is 3.00 bits per heavy atom. The number of hydrogen-bond donors (Lipinski definition) is 2. The van der Waals surface area contributed by atoms with Gasteiger partial charge in [0, 0.05) is 12.6 Å². The molecule has 0 saturated carbocycles. The molecule has 0 saturated heterocycles. The Hall–Kier alpha value is -1.91. The number of rotatable bonds is 6. The Bertz CT molecular complexity index is 462. The third-order valence-corrected chi connectivity index (χ3v) is 3.13. The quantitative estimate of drug-likeness (QED) is 0.840. The average molecular weight is 277 g/mol. The molecular weight excluding hydrogens is 256 g/mol. The van der Waals surface area contributed by atoms with Gasteiger partial charge < -0.3 is 20.1 Å². The summed E-state index contributed by atoms with van der Waals surface area (Å²) in [6.07, 6.45) is 3.07. The zero-order valence-corrected chi connectivity index (χ0v) is 11.8. The largest absolute Gasteiger partial charge is 0.454 e. The number of unbranched alkanes of at least 4 members (excludes halogenated alkanes) is 1. The maximum absolute atomic E-state index is 11.7. The standard InChI is InChI=1S/C15H21N2O3/c1-3-4-5-11(2)17-15(18)16-9-12-6-7-13-14(8-12)20-10-19-13/h6-8,11H,2-5,9-10H2,1H3,(H2,16,17,18)/t11-/m0/s1. The van der Waals surface area contributed by atoms with Crippen LogP contribution in [0.5, 0.6) is 11.5 Å². The molecule has 1 aromatic carbocycles. The van der Waals surface area contributed by atoms with E-state index in [1.807, 2.05) is 18.2 Å². The van der Waals surface area contributed by atoms with E-state index in [4.69, 9.17) is 9.47 Å². The first-order valence-corrected chi connectivity index (χ1v) is 6.95. The monoisotopic (exact) mass is 277 g/mol. The summed E-state index contributed by atoms with van der Waals surface area (Å²) in [5, 5.41) is 5.63. The minimum atomic E-state index is -0.196. The highest BCUT2D eigenvalue weighted by Gasteiger charge is 2.13. The Morgan fingerprint density at radius 2 is 2.20 bits per heavy atom. The van der Waals surface area contributed by atoms with Gasteiger partial charge in [-0.2, -0.15) is 0 Å². The van der Waals surface area contributed by atoms with Crippen molar-refractivity contribution in [2.75, 3.05) is 6.79 Å². The molecular formula is C15H21N2O3. The fourth-order valence-electron chi connectivity index (χ4n) is 1.99. The van der Waals surface area contributed by atoms with Crippen LogP contribution in [0.2, 0.25) is 0 Å². The number of carbonyl (C=O) groups is 1. The lowest BCUT2D eigenvalue weighted by atomic mass is 10.1. The van der Waals surface area contributed by atoms with Gasteiger partial charge >= 0.3 is 6.03 Å². The Morgan fingerprint density at radius 1 is 1.40 bits per heavy atom. The molecule has 1 aliphatic heterocycles. The summed E-state index contributed by atoms with van der Waals surface area (Å²) >= 11 is 0. The first-order valence-electron chi connectivity index (χ1n) is 6.95. The summed E-state index contributed by atoms with van der Waals surface area (Å²) < 4.78 is 10.5. The first kappa shape index (κ1) is 14.5. The lowest BCUT2D eigenvalue weighted by molar-refractivity contribution is 0.174. The van der Waals surface area contributed by atoms with Crippen molar-refractivity contribution in [3.05, 3.63) is 30.7 Å². The van der Waals surface area contributed by atoms with Crippen LogP contribution >= 0.6 is 0 Å². The van der Waals surface area contributed by atoms with Crippen molar-refractivity contribution in [1.82, 2.24) is 10.6 Å². The van der Waals surface area contributed by atoms with Crippen LogP contribution in [0.4, 0.5) is 4.79 Å². The fourth-order valence-corrected chi connectivity index (χ4v) is 1.99. The molecule has 1 aromatic rings. The lowest BCUT2D eigenvalue weighted by Crippen LogP contribution is -2.40. The van der Waals surface area contributed by atoms with Gasteiger partial charge in [0.2, 0.25) is 6.79 Å². The second-order valence-electron chi connectivity index (χ2n) is 4.85. The summed E-state index contributed by atoms with van der Waals surface area (Å²) in [5.41, 5.74) is 0.971. The van der Waals surface area contributed by atoms with Crippen molar-refractivity contribution in [3.63, 3.8) is 0 Å². The van der Waals surface area contributed by atoms with Crippen molar-refractivity contribution < 1.29 is 14.3 Å². The van der Waals surface area contributed by atoms with E-state index in [1.54, 1.807) is 0 Å².